The summed E-state index contributed by atoms with van der Waals surface area (Å²) in [7, 11) is 3.39. The van der Waals surface area contributed by atoms with Crippen molar-refractivity contribution >= 4 is 11.3 Å². The highest BCUT2D eigenvalue weighted by Crippen LogP contribution is 2.35. The van der Waals surface area contributed by atoms with Gasteiger partial charge in [-0.1, -0.05) is 6.92 Å². The van der Waals surface area contributed by atoms with Crippen molar-refractivity contribution < 1.29 is 9.47 Å². The number of thiophene rings is 1. The lowest BCUT2D eigenvalue weighted by Crippen LogP contribution is -2.22. The minimum atomic E-state index is 0.122. The number of rotatable bonds is 6. The summed E-state index contributed by atoms with van der Waals surface area (Å²) in [5, 5.41) is 5.67. The van der Waals surface area contributed by atoms with E-state index in [1.165, 1.54) is 10.4 Å². The number of hydrogen-bond acceptors (Lipinski definition) is 4. The molecule has 3 nitrogen and oxygen atoms in total. The van der Waals surface area contributed by atoms with Crippen LogP contribution in [0, 0.1) is 6.92 Å². The number of nitrogens with one attached hydrogen (secondary N) is 1. The second-order valence-corrected chi connectivity index (χ2v) is 5.65. The molecule has 108 valence electrons. The van der Waals surface area contributed by atoms with Crippen LogP contribution in [0.4, 0.5) is 0 Å². The van der Waals surface area contributed by atoms with Gasteiger partial charge in [-0.15, -0.1) is 11.3 Å². The molecular formula is C16H21NO2S. The Morgan fingerprint density at radius 2 is 1.95 bits per heavy atom. The first-order chi connectivity index (χ1) is 9.71. The van der Waals surface area contributed by atoms with E-state index >= 15 is 0 Å². The SMILES string of the molecule is CCNC(c1cc(OC)ccc1OC)c1ccsc1C. The maximum absolute atomic E-state index is 5.52. The van der Waals surface area contributed by atoms with Gasteiger partial charge in [0, 0.05) is 10.4 Å². The summed E-state index contributed by atoms with van der Waals surface area (Å²) < 4.78 is 10.9. The quantitative estimate of drug-likeness (QED) is 0.878. The van der Waals surface area contributed by atoms with Gasteiger partial charge >= 0.3 is 0 Å². The van der Waals surface area contributed by atoms with E-state index in [1.807, 2.05) is 18.2 Å². The minimum absolute atomic E-state index is 0.122. The zero-order valence-electron chi connectivity index (χ0n) is 12.4. The van der Waals surface area contributed by atoms with Crippen LogP contribution in [0.15, 0.2) is 29.6 Å². The Kier molecular flexibility index (Phi) is 5.04. The van der Waals surface area contributed by atoms with E-state index in [4.69, 9.17) is 9.47 Å². The van der Waals surface area contributed by atoms with Gasteiger partial charge in [0.15, 0.2) is 0 Å². The van der Waals surface area contributed by atoms with Crippen LogP contribution >= 0.6 is 11.3 Å². The first-order valence-electron chi connectivity index (χ1n) is 6.70. The van der Waals surface area contributed by atoms with Gasteiger partial charge in [0.25, 0.3) is 0 Å². The average molecular weight is 291 g/mol. The summed E-state index contributed by atoms with van der Waals surface area (Å²) in [4.78, 5) is 1.32. The summed E-state index contributed by atoms with van der Waals surface area (Å²) in [5.74, 6) is 1.72. The normalized spacial score (nSPS) is 12.2. The Morgan fingerprint density at radius 3 is 2.50 bits per heavy atom. The number of ether oxygens (including phenoxy) is 2. The van der Waals surface area contributed by atoms with Crippen molar-refractivity contribution in [3.05, 3.63) is 45.6 Å². The molecule has 1 heterocycles. The van der Waals surface area contributed by atoms with E-state index in [9.17, 15) is 0 Å². The largest absolute Gasteiger partial charge is 0.497 e. The minimum Gasteiger partial charge on any atom is -0.497 e. The first kappa shape index (κ1) is 14.9. The topological polar surface area (TPSA) is 30.5 Å². The molecule has 2 rings (SSSR count). The number of methoxy groups -OCH3 is 2. The third-order valence-electron chi connectivity index (χ3n) is 3.37. The molecule has 0 radical (unpaired) electrons. The summed E-state index contributed by atoms with van der Waals surface area (Å²) in [6.45, 7) is 5.15. The molecule has 0 aliphatic carbocycles. The van der Waals surface area contributed by atoms with Gasteiger partial charge in [0.2, 0.25) is 0 Å². The molecule has 1 aromatic heterocycles. The van der Waals surface area contributed by atoms with Crippen molar-refractivity contribution in [1.82, 2.24) is 5.32 Å². The molecule has 1 N–H and O–H groups in total. The summed E-state index contributed by atoms with van der Waals surface area (Å²) in [6.07, 6.45) is 0. The highest BCUT2D eigenvalue weighted by molar-refractivity contribution is 7.10. The number of benzene rings is 1. The van der Waals surface area contributed by atoms with E-state index in [-0.39, 0.29) is 6.04 Å². The molecule has 20 heavy (non-hydrogen) atoms. The molecule has 1 unspecified atom stereocenters. The van der Waals surface area contributed by atoms with Crippen LogP contribution in [0.25, 0.3) is 0 Å². The predicted molar refractivity (Wildman–Crippen MR) is 84.1 cm³/mol. The summed E-state index contributed by atoms with van der Waals surface area (Å²) >= 11 is 1.76. The average Bonchev–Trinajstić information content (AvgIpc) is 2.90. The third-order valence-corrected chi connectivity index (χ3v) is 4.23. The molecule has 0 aliphatic rings. The molecular weight excluding hydrogens is 270 g/mol. The van der Waals surface area contributed by atoms with Crippen LogP contribution in [-0.2, 0) is 0 Å². The zero-order chi connectivity index (χ0) is 14.5. The van der Waals surface area contributed by atoms with Gasteiger partial charge < -0.3 is 14.8 Å². The van der Waals surface area contributed by atoms with Crippen molar-refractivity contribution in [2.75, 3.05) is 20.8 Å². The Hall–Kier alpha value is -1.52. The monoisotopic (exact) mass is 291 g/mol. The Morgan fingerprint density at radius 1 is 1.15 bits per heavy atom. The van der Waals surface area contributed by atoms with Crippen molar-refractivity contribution in [3.8, 4) is 11.5 Å². The molecule has 1 aromatic carbocycles. The second-order valence-electron chi connectivity index (χ2n) is 4.53. The van der Waals surface area contributed by atoms with Crippen molar-refractivity contribution in [3.63, 3.8) is 0 Å². The molecule has 1 atom stereocenters. The molecule has 2 aromatic rings. The van der Waals surface area contributed by atoms with Gasteiger partial charge in [-0.3, -0.25) is 0 Å². The summed E-state index contributed by atoms with van der Waals surface area (Å²) in [5.41, 5.74) is 2.40. The van der Waals surface area contributed by atoms with Gasteiger partial charge in [-0.05, 0) is 48.7 Å². The highest BCUT2D eigenvalue weighted by Gasteiger charge is 2.20. The van der Waals surface area contributed by atoms with Crippen LogP contribution in [0.3, 0.4) is 0 Å². The fourth-order valence-corrected chi connectivity index (χ4v) is 3.09. The Bertz CT molecular complexity index is 565. The van der Waals surface area contributed by atoms with Crippen molar-refractivity contribution in [2.45, 2.75) is 19.9 Å². The van der Waals surface area contributed by atoms with Crippen LogP contribution in [-0.4, -0.2) is 20.8 Å². The molecule has 0 amide bonds. The fourth-order valence-electron chi connectivity index (χ4n) is 2.35. The molecule has 0 fully saturated rings. The van der Waals surface area contributed by atoms with Crippen molar-refractivity contribution in [2.24, 2.45) is 0 Å². The van der Waals surface area contributed by atoms with Gasteiger partial charge in [0.1, 0.15) is 11.5 Å². The van der Waals surface area contributed by atoms with Gasteiger partial charge in [0.05, 0.1) is 20.3 Å². The molecule has 0 saturated heterocycles. The van der Waals surface area contributed by atoms with Gasteiger partial charge in [-0.2, -0.15) is 0 Å². The lowest BCUT2D eigenvalue weighted by molar-refractivity contribution is 0.394. The van der Waals surface area contributed by atoms with Crippen LogP contribution in [0.5, 0.6) is 11.5 Å². The smallest absolute Gasteiger partial charge is 0.124 e. The lowest BCUT2D eigenvalue weighted by Gasteiger charge is -2.21. The first-order valence-corrected chi connectivity index (χ1v) is 7.58. The molecule has 4 heteroatoms. The van der Waals surface area contributed by atoms with Crippen LogP contribution in [0.1, 0.15) is 29.0 Å². The Balaban J connectivity index is 2.50. The van der Waals surface area contributed by atoms with E-state index in [2.05, 4.69) is 30.6 Å². The highest BCUT2D eigenvalue weighted by atomic mass is 32.1. The maximum atomic E-state index is 5.52. The standard InChI is InChI=1S/C16H21NO2S/c1-5-17-16(13-8-9-20-11(13)2)14-10-12(18-3)6-7-15(14)19-4/h6-10,16-17H,5H2,1-4H3. The number of aryl methyl sites for hydroxylation is 1. The van der Waals surface area contributed by atoms with E-state index < -0.39 is 0 Å². The zero-order valence-corrected chi connectivity index (χ0v) is 13.2. The number of hydrogen-bond donors (Lipinski definition) is 1. The third kappa shape index (κ3) is 2.97. The Labute approximate surface area is 124 Å². The predicted octanol–water partition coefficient (Wildman–Crippen LogP) is 3.77. The van der Waals surface area contributed by atoms with Crippen LogP contribution < -0.4 is 14.8 Å². The summed E-state index contributed by atoms with van der Waals surface area (Å²) in [6, 6.07) is 8.22. The van der Waals surface area contributed by atoms with Crippen LogP contribution in [0.2, 0.25) is 0 Å². The molecule has 0 bridgehead atoms. The fraction of sp³-hybridized carbons (Fsp3) is 0.375. The van der Waals surface area contributed by atoms with Crippen molar-refractivity contribution in [1.29, 1.82) is 0 Å². The molecule has 0 aliphatic heterocycles. The van der Waals surface area contributed by atoms with E-state index in [1.54, 1.807) is 25.6 Å². The van der Waals surface area contributed by atoms with Gasteiger partial charge in [-0.25, -0.2) is 0 Å². The molecule has 0 spiro atoms. The maximum Gasteiger partial charge on any atom is 0.124 e. The van der Waals surface area contributed by atoms with E-state index in [0.717, 1.165) is 23.6 Å². The second kappa shape index (κ2) is 6.77. The van der Waals surface area contributed by atoms with E-state index in [0.29, 0.717) is 0 Å². The molecule has 0 saturated carbocycles. The lowest BCUT2D eigenvalue weighted by atomic mass is 9.98.